The highest BCUT2D eigenvalue weighted by molar-refractivity contribution is 8.00. The van der Waals surface area contributed by atoms with Crippen molar-refractivity contribution in [1.82, 2.24) is 4.98 Å². The summed E-state index contributed by atoms with van der Waals surface area (Å²) >= 11 is 14.8. The second-order valence-corrected chi connectivity index (χ2v) is 10.1. The van der Waals surface area contributed by atoms with E-state index in [0.717, 1.165) is 16.0 Å². The molecule has 0 saturated heterocycles. The fourth-order valence-corrected chi connectivity index (χ4v) is 4.78. The molecule has 0 bridgehead atoms. The summed E-state index contributed by atoms with van der Waals surface area (Å²) in [5, 5.41) is 8.99. The molecule has 4 rings (SSSR count). The van der Waals surface area contributed by atoms with Gasteiger partial charge in [-0.15, -0.1) is 23.1 Å². The fourth-order valence-electron chi connectivity index (χ4n) is 3.00. The lowest BCUT2D eigenvalue weighted by Crippen LogP contribution is -2.14. The van der Waals surface area contributed by atoms with Crippen molar-refractivity contribution >= 4 is 68.9 Å². The summed E-state index contributed by atoms with van der Waals surface area (Å²) in [6.07, 6.45) is 0. The van der Waals surface area contributed by atoms with Gasteiger partial charge in [0.05, 0.1) is 21.5 Å². The van der Waals surface area contributed by atoms with Gasteiger partial charge in [0.25, 0.3) is 5.91 Å². The predicted molar refractivity (Wildman–Crippen MR) is 142 cm³/mol. The highest BCUT2D eigenvalue weighted by Gasteiger charge is 2.11. The Hall–Kier alpha value is -2.84. The van der Waals surface area contributed by atoms with Gasteiger partial charge in [-0.25, -0.2) is 4.98 Å². The first-order valence-corrected chi connectivity index (χ1v) is 12.8. The molecule has 1 aromatic heterocycles. The average molecular weight is 528 g/mol. The lowest BCUT2D eigenvalue weighted by Gasteiger charge is -2.08. The molecule has 0 saturated carbocycles. The number of rotatable bonds is 7. The van der Waals surface area contributed by atoms with Gasteiger partial charge in [0.15, 0.2) is 5.13 Å². The Kier molecular flexibility index (Phi) is 7.90. The second kappa shape index (κ2) is 11.1. The molecule has 3 aromatic carbocycles. The van der Waals surface area contributed by atoms with E-state index in [1.807, 2.05) is 54.8 Å². The number of hydrogen-bond donors (Lipinski definition) is 2. The smallest absolute Gasteiger partial charge is 0.255 e. The molecule has 9 heteroatoms. The Morgan fingerprint density at radius 1 is 0.971 bits per heavy atom. The molecule has 34 heavy (non-hydrogen) atoms. The number of carbonyl (C=O) groups excluding carboxylic acids is 2. The molecule has 0 aliphatic rings. The van der Waals surface area contributed by atoms with Gasteiger partial charge >= 0.3 is 0 Å². The molecule has 172 valence electrons. The minimum atomic E-state index is -0.179. The Morgan fingerprint density at radius 2 is 1.76 bits per heavy atom. The van der Waals surface area contributed by atoms with Crippen molar-refractivity contribution in [3.8, 4) is 11.3 Å². The molecule has 2 N–H and O–H groups in total. The second-order valence-electron chi connectivity index (χ2n) is 7.35. The number of aryl methyl sites for hydroxylation is 1. The van der Waals surface area contributed by atoms with Crippen LogP contribution < -0.4 is 10.6 Å². The third kappa shape index (κ3) is 6.39. The van der Waals surface area contributed by atoms with Gasteiger partial charge in [-0.3, -0.25) is 9.59 Å². The molecule has 0 aliphatic carbocycles. The summed E-state index contributed by atoms with van der Waals surface area (Å²) in [4.78, 5) is 30.2. The first kappa shape index (κ1) is 24.3. The van der Waals surface area contributed by atoms with Crippen LogP contribution in [0, 0.1) is 6.92 Å². The fraction of sp³-hybridized carbons (Fsp3) is 0.0800. The van der Waals surface area contributed by atoms with Gasteiger partial charge < -0.3 is 10.6 Å². The van der Waals surface area contributed by atoms with Crippen molar-refractivity contribution in [1.29, 1.82) is 0 Å². The van der Waals surface area contributed by atoms with Crippen molar-refractivity contribution < 1.29 is 9.59 Å². The standard InChI is InChI=1S/C25H19Cl2N3O2S2/c1-15-5-7-16(8-6-15)24(32)28-18-3-2-4-19(12-18)33-14-23(31)30-25-29-22(13-34-25)17-9-10-20(26)21(27)11-17/h2-13H,14H2,1H3,(H,28,32)(H,29,30,31). The van der Waals surface area contributed by atoms with Crippen LogP contribution in [0.5, 0.6) is 0 Å². The molecule has 5 nitrogen and oxygen atoms in total. The number of carbonyl (C=O) groups is 2. The predicted octanol–water partition coefficient (Wildman–Crippen LogP) is 7.41. The maximum Gasteiger partial charge on any atom is 0.255 e. The van der Waals surface area contributed by atoms with Crippen LogP contribution in [-0.2, 0) is 4.79 Å². The molecule has 0 aliphatic heterocycles. The van der Waals surface area contributed by atoms with E-state index in [2.05, 4.69) is 15.6 Å². The van der Waals surface area contributed by atoms with Crippen molar-refractivity contribution in [3.05, 3.63) is 93.3 Å². The summed E-state index contributed by atoms with van der Waals surface area (Å²) in [5.41, 5.74) is 3.89. The summed E-state index contributed by atoms with van der Waals surface area (Å²) in [6.45, 7) is 1.97. The molecule has 0 fully saturated rings. The number of thioether (sulfide) groups is 1. The van der Waals surface area contributed by atoms with E-state index in [-0.39, 0.29) is 17.6 Å². The van der Waals surface area contributed by atoms with Crippen LogP contribution in [0.25, 0.3) is 11.3 Å². The van der Waals surface area contributed by atoms with Gasteiger partial charge in [0.1, 0.15) is 0 Å². The van der Waals surface area contributed by atoms with Crippen LogP contribution in [0.15, 0.2) is 77.0 Å². The minimum absolute atomic E-state index is 0.172. The number of hydrogen-bond acceptors (Lipinski definition) is 5. The molecule has 4 aromatic rings. The van der Waals surface area contributed by atoms with Crippen LogP contribution >= 0.6 is 46.3 Å². The average Bonchev–Trinajstić information content (AvgIpc) is 3.28. The highest BCUT2D eigenvalue weighted by atomic mass is 35.5. The van der Waals surface area contributed by atoms with Crippen LogP contribution in [0.1, 0.15) is 15.9 Å². The quantitative estimate of drug-likeness (QED) is 0.245. The number of anilines is 2. The topological polar surface area (TPSA) is 71.1 Å². The summed E-state index contributed by atoms with van der Waals surface area (Å²) in [5.74, 6) is -0.146. The number of nitrogens with zero attached hydrogens (tertiary/aromatic N) is 1. The molecule has 0 unspecified atom stereocenters. The van der Waals surface area contributed by atoms with Crippen LogP contribution in [0.3, 0.4) is 0 Å². The molecule has 0 radical (unpaired) electrons. The van der Waals surface area contributed by atoms with E-state index >= 15 is 0 Å². The van der Waals surface area contributed by atoms with E-state index in [9.17, 15) is 9.59 Å². The highest BCUT2D eigenvalue weighted by Crippen LogP contribution is 2.30. The summed E-state index contributed by atoms with van der Waals surface area (Å²) in [6, 6.07) is 20.1. The van der Waals surface area contributed by atoms with Gasteiger partial charge in [0, 0.05) is 27.1 Å². The zero-order valence-corrected chi connectivity index (χ0v) is 21.1. The lowest BCUT2D eigenvalue weighted by molar-refractivity contribution is -0.113. The molecular formula is C25H19Cl2N3O2S2. The Balaban J connectivity index is 1.32. The maximum absolute atomic E-state index is 12.4. The number of amides is 2. The number of nitrogens with one attached hydrogen (secondary N) is 2. The van der Waals surface area contributed by atoms with Crippen molar-refractivity contribution in [3.63, 3.8) is 0 Å². The van der Waals surface area contributed by atoms with Crippen LogP contribution in [-0.4, -0.2) is 22.6 Å². The first-order valence-electron chi connectivity index (χ1n) is 10.2. The monoisotopic (exact) mass is 527 g/mol. The third-order valence-electron chi connectivity index (χ3n) is 4.74. The SMILES string of the molecule is Cc1ccc(C(=O)Nc2cccc(SCC(=O)Nc3nc(-c4ccc(Cl)c(Cl)c4)cs3)c2)cc1. The Morgan fingerprint density at radius 3 is 2.53 bits per heavy atom. The van der Waals surface area contributed by atoms with Gasteiger partial charge in [0.2, 0.25) is 5.91 Å². The van der Waals surface area contributed by atoms with Gasteiger partial charge in [-0.2, -0.15) is 0 Å². The normalized spacial score (nSPS) is 10.7. The maximum atomic E-state index is 12.4. The first-order chi connectivity index (χ1) is 16.4. The number of halogens is 2. The van der Waals surface area contributed by atoms with Gasteiger partial charge in [-0.05, 0) is 49.4 Å². The molecular weight excluding hydrogens is 509 g/mol. The van der Waals surface area contributed by atoms with E-state index in [0.29, 0.717) is 32.1 Å². The molecule has 0 atom stereocenters. The number of aromatic nitrogens is 1. The number of benzene rings is 3. The zero-order valence-electron chi connectivity index (χ0n) is 18.0. The molecule has 0 spiro atoms. The molecule has 1 heterocycles. The van der Waals surface area contributed by atoms with Crippen molar-refractivity contribution in [2.75, 3.05) is 16.4 Å². The Labute approximate surface area is 215 Å². The zero-order chi connectivity index (χ0) is 24.1. The molecule has 2 amide bonds. The van der Waals surface area contributed by atoms with E-state index in [1.54, 1.807) is 24.3 Å². The minimum Gasteiger partial charge on any atom is -0.322 e. The lowest BCUT2D eigenvalue weighted by atomic mass is 10.1. The van der Waals surface area contributed by atoms with Crippen LogP contribution in [0.2, 0.25) is 10.0 Å². The third-order valence-corrected chi connectivity index (χ3v) is 7.23. The number of thiazole rings is 1. The van der Waals surface area contributed by atoms with Crippen LogP contribution in [0.4, 0.5) is 10.8 Å². The van der Waals surface area contributed by atoms with Crippen molar-refractivity contribution in [2.45, 2.75) is 11.8 Å². The van der Waals surface area contributed by atoms with Crippen molar-refractivity contribution in [2.24, 2.45) is 0 Å². The summed E-state index contributed by atoms with van der Waals surface area (Å²) in [7, 11) is 0. The van der Waals surface area contributed by atoms with E-state index in [4.69, 9.17) is 23.2 Å². The largest absolute Gasteiger partial charge is 0.322 e. The van der Waals surface area contributed by atoms with Gasteiger partial charge in [-0.1, -0.05) is 53.0 Å². The van der Waals surface area contributed by atoms with E-state index < -0.39 is 0 Å². The summed E-state index contributed by atoms with van der Waals surface area (Å²) < 4.78 is 0. The Bertz CT molecular complexity index is 1340. The van der Waals surface area contributed by atoms with E-state index in [1.165, 1.54) is 23.1 Å².